The maximum Gasteiger partial charge on any atom is 0.402 e. The third-order valence-corrected chi connectivity index (χ3v) is 3.94. The quantitative estimate of drug-likeness (QED) is 0.805. The highest BCUT2D eigenvalue weighted by Crippen LogP contribution is 2.46. The maximum absolute atomic E-state index is 12.7. The molecule has 1 aliphatic rings. The van der Waals surface area contributed by atoms with Gasteiger partial charge in [0.2, 0.25) is 0 Å². The molecule has 0 aromatic heterocycles. The van der Waals surface area contributed by atoms with Gasteiger partial charge < -0.3 is 5.73 Å². The molecule has 0 bridgehead atoms. The number of rotatable bonds is 3. The van der Waals surface area contributed by atoms with Crippen LogP contribution in [0.1, 0.15) is 42.3 Å². The van der Waals surface area contributed by atoms with Crippen LogP contribution in [0.2, 0.25) is 0 Å². The summed E-state index contributed by atoms with van der Waals surface area (Å²) < 4.78 is 76.1. The average Bonchev–Trinajstić information content (AvgIpc) is 2.22. The zero-order chi connectivity index (χ0) is 15.8. The summed E-state index contributed by atoms with van der Waals surface area (Å²) in [6.07, 6.45) is -8.02. The van der Waals surface area contributed by atoms with Crippen molar-refractivity contribution in [3.63, 3.8) is 0 Å². The van der Waals surface area contributed by atoms with Crippen molar-refractivity contribution < 1.29 is 26.3 Å². The molecular weight excluding hydrogens is 296 g/mol. The largest absolute Gasteiger partial charge is 0.402 e. The lowest BCUT2D eigenvalue weighted by atomic mass is 9.79. The van der Waals surface area contributed by atoms with E-state index in [-0.39, 0.29) is 11.5 Å². The van der Waals surface area contributed by atoms with E-state index in [1.165, 1.54) is 18.2 Å². The fraction of sp³-hybridized carbons (Fsp3) is 0.571. The van der Waals surface area contributed by atoms with Gasteiger partial charge in [0.25, 0.3) is 0 Å². The topological polar surface area (TPSA) is 26.0 Å². The van der Waals surface area contributed by atoms with Crippen molar-refractivity contribution in [3.05, 3.63) is 35.4 Å². The minimum Gasteiger partial charge on any atom is -0.323 e. The highest BCUT2D eigenvalue weighted by atomic mass is 19.4. The smallest absolute Gasteiger partial charge is 0.323 e. The summed E-state index contributed by atoms with van der Waals surface area (Å²) in [5.74, 6) is -3.34. The molecule has 1 nitrogen and oxygen atoms in total. The minimum atomic E-state index is -5.43. The molecule has 0 amide bonds. The zero-order valence-corrected chi connectivity index (χ0v) is 11.0. The first-order valence-corrected chi connectivity index (χ1v) is 6.59. The zero-order valence-electron chi connectivity index (χ0n) is 11.0. The van der Waals surface area contributed by atoms with Gasteiger partial charge in [-0.25, -0.2) is 0 Å². The van der Waals surface area contributed by atoms with E-state index in [0.29, 0.717) is 0 Å². The Labute approximate surface area is 118 Å². The Kier molecular flexibility index (Phi) is 4.24. The van der Waals surface area contributed by atoms with Gasteiger partial charge in [0.05, 0.1) is 6.04 Å². The number of hydrogen-bond acceptors (Lipinski definition) is 1. The van der Waals surface area contributed by atoms with E-state index in [9.17, 15) is 26.3 Å². The Morgan fingerprint density at radius 2 is 1.57 bits per heavy atom. The summed E-state index contributed by atoms with van der Waals surface area (Å²) in [6.45, 7) is 0. The van der Waals surface area contributed by atoms with Gasteiger partial charge in [0.15, 0.2) is 5.92 Å². The number of nitrogens with two attached hydrogens (primary N) is 1. The highest BCUT2D eigenvalue weighted by Gasteiger charge is 2.59. The molecule has 0 heterocycles. The third kappa shape index (κ3) is 3.51. The molecule has 1 aromatic carbocycles. The number of alkyl halides is 6. The second-order valence-electron chi connectivity index (χ2n) is 5.38. The molecule has 0 saturated heterocycles. The van der Waals surface area contributed by atoms with Gasteiger partial charge in [0, 0.05) is 0 Å². The number of hydrogen-bond donors (Lipinski definition) is 1. The Hall–Kier alpha value is -1.24. The first-order chi connectivity index (χ1) is 9.60. The van der Waals surface area contributed by atoms with Crippen LogP contribution in [-0.4, -0.2) is 12.4 Å². The van der Waals surface area contributed by atoms with Crippen molar-refractivity contribution in [1.82, 2.24) is 0 Å². The van der Waals surface area contributed by atoms with Crippen molar-refractivity contribution >= 4 is 0 Å². The van der Waals surface area contributed by atoms with Gasteiger partial charge in [-0.2, -0.15) is 26.3 Å². The van der Waals surface area contributed by atoms with E-state index in [1.807, 2.05) is 0 Å². The standard InChI is InChI=1S/C14H15F6N/c15-13(16,17)12(14(18,19)20)11(21)10-6-2-5-9(7-10)8-3-1-4-8/h2,5-8,11-12H,1,3-4,21H2. The van der Waals surface area contributed by atoms with Crippen molar-refractivity contribution in [3.8, 4) is 0 Å². The second kappa shape index (κ2) is 5.51. The molecule has 2 rings (SSSR count). The van der Waals surface area contributed by atoms with Crippen LogP contribution in [0.15, 0.2) is 24.3 Å². The van der Waals surface area contributed by atoms with E-state index in [2.05, 4.69) is 0 Å². The Morgan fingerprint density at radius 3 is 2.00 bits per heavy atom. The third-order valence-electron chi connectivity index (χ3n) is 3.94. The van der Waals surface area contributed by atoms with Crippen molar-refractivity contribution in [2.24, 2.45) is 11.7 Å². The van der Waals surface area contributed by atoms with Crippen LogP contribution in [0.5, 0.6) is 0 Å². The summed E-state index contributed by atoms with van der Waals surface area (Å²) in [5.41, 5.74) is 5.94. The first-order valence-electron chi connectivity index (χ1n) is 6.59. The molecule has 0 radical (unpaired) electrons. The highest BCUT2D eigenvalue weighted by molar-refractivity contribution is 5.30. The SMILES string of the molecule is NC(c1cccc(C2CCC2)c1)C(C(F)(F)F)C(F)(F)F. The molecule has 0 aliphatic heterocycles. The minimum absolute atomic E-state index is 0.126. The number of benzene rings is 1. The number of halogens is 6. The Bertz CT molecular complexity index is 475. The van der Waals surface area contributed by atoms with Crippen molar-refractivity contribution in [1.29, 1.82) is 0 Å². The van der Waals surface area contributed by atoms with E-state index in [4.69, 9.17) is 5.73 Å². The van der Waals surface area contributed by atoms with E-state index < -0.39 is 24.3 Å². The van der Waals surface area contributed by atoms with Crippen LogP contribution >= 0.6 is 0 Å². The summed E-state index contributed by atoms with van der Waals surface area (Å²) in [7, 11) is 0. The fourth-order valence-electron chi connectivity index (χ4n) is 2.55. The van der Waals surface area contributed by atoms with Gasteiger partial charge in [-0.15, -0.1) is 0 Å². The van der Waals surface area contributed by atoms with Crippen molar-refractivity contribution in [2.75, 3.05) is 0 Å². The molecule has 1 aliphatic carbocycles. The molecular formula is C14H15F6N. The molecule has 1 fully saturated rings. The van der Waals surface area contributed by atoms with Crippen LogP contribution in [0.4, 0.5) is 26.3 Å². The lowest BCUT2D eigenvalue weighted by Crippen LogP contribution is -2.44. The molecule has 0 spiro atoms. The van der Waals surface area contributed by atoms with Crippen LogP contribution in [0, 0.1) is 5.92 Å². The van der Waals surface area contributed by atoms with Gasteiger partial charge in [0.1, 0.15) is 0 Å². The molecule has 21 heavy (non-hydrogen) atoms. The van der Waals surface area contributed by atoms with Gasteiger partial charge in [-0.3, -0.25) is 0 Å². The molecule has 1 saturated carbocycles. The summed E-state index contributed by atoms with van der Waals surface area (Å²) in [4.78, 5) is 0. The molecule has 2 N–H and O–H groups in total. The summed E-state index contributed by atoms with van der Waals surface area (Å²) in [5, 5.41) is 0. The lowest BCUT2D eigenvalue weighted by Gasteiger charge is -2.30. The first kappa shape index (κ1) is 16.1. The summed E-state index contributed by atoms with van der Waals surface area (Å²) in [6, 6.07) is 3.63. The van der Waals surface area contributed by atoms with Crippen LogP contribution < -0.4 is 5.73 Å². The lowest BCUT2D eigenvalue weighted by molar-refractivity contribution is -0.290. The predicted octanol–water partition coefficient (Wildman–Crippen LogP) is 4.69. The maximum atomic E-state index is 12.7. The van der Waals surface area contributed by atoms with E-state index in [0.717, 1.165) is 24.8 Å². The van der Waals surface area contributed by atoms with E-state index >= 15 is 0 Å². The molecule has 7 heteroatoms. The van der Waals surface area contributed by atoms with Crippen LogP contribution in [-0.2, 0) is 0 Å². The Balaban J connectivity index is 2.30. The van der Waals surface area contributed by atoms with Gasteiger partial charge >= 0.3 is 12.4 Å². The Morgan fingerprint density at radius 1 is 1.00 bits per heavy atom. The molecule has 1 unspecified atom stereocenters. The normalized spacial score (nSPS) is 18.7. The fourth-order valence-corrected chi connectivity index (χ4v) is 2.55. The second-order valence-corrected chi connectivity index (χ2v) is 5.38. The van der Waals surface area contributed by atoms with Crippen molar-refractivity contribution in [2.45, 2.75) is 43.6 Å². The van der Waals surface area contributed by atoms with Crippen LogP contribution in [0.3, 0.4) is 0 Å². The van der Waals surface area contributed by atoms with E-state index in [1.54, 1.807) is 6.07 Å². The van der Waals surface area contributed by atoms with Gasteiger partial charge in [-0.05, 0) is 29.9 Å². The molecule has 1 aromatic rings. The average molecular weight is 311 g/mol. The molecule has 118 valence electrons. The molecule has 1 atom stereocenters. The monoisotopic (exact) mass is 311 g/mol. The summed E-state index contributed by atoms with van der Waals surface area (Å²) >= 11 is 0. The van der Waals surface area contributed by atoms with Crippen LogP contribution in [0.25, 0.3) is 0 Å². The predicted molar refractivity (Wildman–Crippen MR) is 65.6 cm³/mol. The van der Waals surface area contributed by atoms with Gasteiger partial charge in [-0.1, -0.05) is 30.7 Å².